The van der Waals surface area contributed by atoms with Gasteiger partial charge in [0.05, 0.1) is 18.7 Å². The van der Waals surface area contributed by atoms with Crippen molar-refractivity contribution in [1.29, 1.82) is 0 Å². The molecule has 98 valence electrons. The third kappa shape index (κ3) is 2.89. The van der Waals surface area contributed by atoms with Crippen LogP contribution in [0.15, 0.2) is 24.3 Å². The Morgan fingerprint density at radius 1 is 1.44 bits per heavy atom. The number of nitrogens with one attached hydrogen (secondary N) is 2. The molecule has 4 heteroatoms. The minimum atomic E-state index is -0.516. The van der Waals surface area contributed by atoms with E-state index in [1.54, 1.807) is 0 Å². The Kier molecular flexibility index (Phi) is 4.33. The van der Waals surface area contributed by atoms with Crippen molar-refractivity contribution in [2.45, 2.75) is 31.9 Å². The first-order chi connectivity index (χ1) is 8.72. The van der Waals surface area contributed by atoms with Crippen LogP contribution in [0.25, 0.3) is 0 Å². The van der Waals surface area contributed by atoms with Crippen LogP contribution in [0.3, 0.4) is 0 Å². The van der Waals surface area contributed by atoms with Gasteiger partial charge in [-0.2, -0.15) is 0 Å². The molecular weight excluding hydrogens is 228 g/mol. The van der Waals surface area contributed by atoms with Gasteiger partial charge in [-0.05, 0) is 24.1 Å². The van der Waals surface area contributed by atoms with Gasteiger partial charge in [-0.1, -0.05) is 31.2 Å². The lowest BCUT2D eigenvalue weighted by Gasteiger charge is -2.18. The average molecular weight is 248 g/mol. The molecule has 0 fully saturated rings. The van der Waals surface area contributed by atoms with Crippen molar-refractivity contribution < 1.29 is 9.90 Å². The van der Waals surface area contributed by atoms with Crippen LogP contribution in [0, 0.1) is 0 Å². The molecule has 0 aromatic heterocycles. The fraction of sp³-hybridized carbons (Fsp3) is 0.500. The second kappa shape index (κ2) is 5.98. The van der Waals surface area contributed by atoms with Gasteiger partial charge in [0.2, 0.25) is 5.91 Å². The summed E-state index contributed by atoms with van der Waals surface area (Å²) in [5.41, 5.74) is 2.16. The van der Waals surface area contributed by atoms with Crippen molar-refractivity contribution in [2.24, 2.45) is 0 Å². The van der Waals surface area contributed by atoms with Gasteiger partial charge in [-0.15, -0.1) is 0 Å². The SMILES string of the molecule is CCCNCC(=O)N[C@@H]1c2ccccc2C[C@@H]1O. The number of hydrogen-bond acceptors (Lipinski definition) is 3. The molecule has 0 heterocycles. The molecule has 18 heavy (non-hydrogen) atoms. The van der Waals surface area contributed by atoms with Gasteiger partial charge in [0.25, 0.3) is 0 Å². The van der Waals surface area contributed by atoms with Crippen molar-refractivity contribution in [3.05, 3.63) is 35.4 Å². The summed E-state index contributed by atoms with van der Waals surface area (Å²) in [7, 11) is 0. The van der Waals surface area contributed by atoms with Crippen LogP contribution in [0.5, 0.6) is 0 Å². The Bertz CT molecular complexity index is 420. The fourth-order valence-corrected chi connectivity index (χ4v) is 2.35. The zero-order valence-corrected chi connectivity index (χ0v) is 10.6. The molecule has 0 bridgehead atoms. The van der Waals surface area contributed by atoms with Crippen molar-refractivity contribution in [3.8, 4) is 0 Å². The first-order valence-corrected chi connectivity index (χ1v) is 6.48. The highest BCUT2D eigenvalue weighted by Gasteiger charge is 2.31. The quantitative estimate of drug-likeness (QED) is 0.674. The number of benzene rings is 1. The Balaban J connectivity index is 1.95. The molecule has 1 aromatic rings. The highest BCUT2D eigenvalue weighted by molar-refractivity contribution is 5.78. The van der Waals surface area contributed by atoms with E-state index in [1.165, 1.54) is 0 Å². The summed E-state index contributed by atoms with van der Waals surface area (Å²) >= 11 is 0. The van der Waals surface area contributed by atoms with E-state index in [1.807, 2.05) is 24.3 Å². The zero-order valence-electron chi connectivity index (χ0n) is 10.6. The van der Waals surface area contributed by atoms with Gasteiger partial charge in [0.15, 0.2) is 0 Å². The molecule has 0 unspecified atom stereocenters. The summed E-state index contributed by atoms with van der Waals surface area (Å²) in [6, 6.07) is 7.59. The van der Waals surface area contributed by atoms with Gasteiger partial charge in [0.1, 0.15) is 0 Å². The molecule has 1 aliphatic carbocycles. The Morgan fingerprint density at radius 3 is 3.00 bits per heavy atom. The Hall–Kier alpha value is -1.39. The number of aliphatic hydroxyl groups excluding tert-OH is 1. The molecular formula is C14H20N2O2. The van der Waals surface area contributed by atoms with Gasteiger partial charge in [-0.3, -0.25) is 4.79 Å². The average Bonchev–Trinajstić information content (AvgIpc) is 2.67. The smallest absolute Gasteiger partial charge is 0.234 e. The lowest BCUT2D eigenvalue weighted by atomic mass is 10.1. The second-order valence-electron chi connectivity index (χ2n) is 4.69. The molecule has 0 saturated heterocycles. The molecule has 4 nitrogen and oxygen atoms in total. The maximum atomic E-state index is 11.7. The van der Waals surface area contributed by atoms with Crippen molar-refractivity contribution in [3.63, 3.8) is 0 Å². The minimum absolute atomic E-state index is 0.0656. The van der Waals surface area contributed by atoms with E-state index in [4.69, 9.17) is 0 Å². The van der Waals surface area contributed by atoms with E-state index in [0.29, 0.717) is 13.0 Å². The van der Waals surface area contributed by atoms with Gasteiger partial charge in [0, 0.05) is 6.42 Å². The molecule has 1 aliphatic rings. The van der Waals surface area contributed by atoms with Gasteiger partial charge < -0.3 is 15.7 Å². The summed E-state index contributed by atoms with van der Waals surface area (Å²) in [4.78, 5) is 11.7. The number of aliphatic hydroxyl groups is 1. The fourth-order valence-electron chi connectivity index (χ4n) is 2.35. The zero-order chi connectivity index (χ0) is 13.0. The minimum Gasteiger partial charge on any atom is -0.390 e. The van der Waals surface area contributed by atoms with Crippen LogP contribution >= 0.6 is 0 Å². The monoisotopic (exact) mass is 248 g/mol. The molecule has 1 aromatic carbocycles. The molecule has 0 radical (unpaired) electrons. The molecule has 3 N–H and O–H groups in total. The number of rotatable bonds is 5. The standard InChI is InChI=1S/C14H20N2O2/c1-2-7-15-9-13(18)16-14-11-6-4-3-5-10(11)8-12(14)17/h3-6,12,14-15,17H,2,7-9H2,1H3,(H,16,18)/t12-,14+/m0/s1. The third-order valence-corrected chi connectivity index (χ3v) is 3.23. The van der Waals surface area contributed by atoms with E-state index < -0.39 is 6.10 Å². The topological polar surface area (TPSA) is 61.4 Å². The Morgan fingerprint density at radius 2 is 2.22 bits per heavy atom. The maximum absolute atomic E-state index is 11.7. The summed E-state index contributed by atoms with van der Waals surface area (Å²) in [6.45, 7) is 3.19. The predicted molar refractivity (Wildman–Crippen MR) is 70.2 cm³/mol. The first kappa shape index (κ1) is 13.1. The first-order valence-electron chi connectivity index (χ1n) is 6.48. The van der Waals surface area contributed by atoms with Crippen molar-refractivity contribution in [1.82, 2.24) is 10.6 Å². The van der Waals surface area contributed by atoms with E-state index >= 15 is 0 Å². The number of fused-ring (bicyclic) bond motifs is 1. The van der Waals surface area contributed by atoms with E-state index in [2.05, 4.69) is 17.6 Å². The molecule has 2 rings (SSSR count). The predicted octanol–water partition coefficient (Wildman–Crippen LogP) is 0.760. The maximum Gasteiger partial charge on any atom is 0.234 e. The van der Waals surface area contributed by atoms with Gasteiger partial charge in [-0.25, -0.2) is 0 Å². The highest BCUT2D eigenvalue weighted by atomic mass is 16.3. The normalized spacial score (nSPS) is 21.7. The van der Waals surface area contributed by atoms with Crippen LogP contribution < -0.4 is 10.6 Å². The van der Waals surface area contributed by atoms with E-state index in [-0.39, 0.29) is 11.9 Å². The molecule has 0 aliphatic heterocycles. The van der Waals surface area contributed by atoms with Gasteiger partial charge >= 0.3 is 0 Å². The summed E-state index contributed by atoms with van der Waals surface area (Å²) in [5, 5.41) is 15.9. The van der Waals surface area contributed by atoms with Crippen LogP contribution in [-0.4, -0.2) is 30.2 Å². The number of hydrogen-bond donors (Lipinski definition) is 3. The third-order valence-electron chi connectivity index (χ3n) is 3.23. The van der Waals surface area contributed by atoms with Crippen molar-refractivity contribution in [2.75, 3.05) is 13.1 Å². The van der Waals surface area contributed by atoms with Crippen LogP contribution in [0.1, 0.15) is 30.5 Å². The lowest BCUT2D eigenvalue weighted by Crippen LogP contribution is -2.39. The molecule has 1 amide bonds. The molecule has 0 saturated carbocycles. The number of carbonyl (C=O) groups is 1. The largest absolute Gasteiger partial charge is 0.390 e. The number of amides is 1. The summed E-state index contributed by atoms with van der Waals surface area (Å²) < 4.78 is 0. The van der Waals surface area contributed by atoms with Crippen LogP contribution in [0.4, 0.5) is 0 Å². The summed E-state index contributed by atoms with van der Waals surface area (Å²) in [5.74, 6) is -0.0656. The van der Waals surface area contributed by atoms with E-state index in [9.17, 15) is 9.90 Å². The second-order valence-corrected chi connectivity index (χ2v) is 4.69. The number of carbonyl (C=O) groups excluding carboxylic acids is 1. The van der Waals surface area contributed by atoms with E-state index in [0.717, 1.165) is 24.1 Å². The lowest BCUT2D eigenvalue weighted by molar-refractivity contribution is -0.121. The Labute approximate surface area is 107 Å². The molecule has 2 atom stereocenters. The van der Waals surface area contributed by atoms with Crippen LogP contribution in [-0.2, 0) is 11.2 Å². The molecule has 0 spiro atoms. The summed E-state index contributed by atoms with van der Waals surface area (Å²) in [6.07, 6.45) is 1.10. The highest BCUT2D eigenvalue weighted by Crippen LogP contribution is 2.30. The van der Waals surface area contributed by atoms with Crippen molar-refractivity contribution >= 4 is 5.91 Å². The van der Waals surface area contributed by atoms with Crippen LogP contribution in [0.2, 0.25) is 0 Å².